The molecule has 0 unspecified atom stereocenters. The van der Waals surface area contributed by atoms with Gasteiger partial charge in [0.25, 0.3) is 0 Å². The second kappa shape index (κ2) is 3.70. The number of rotatable bonds is 2. The number of Topliss-reactive ketones (excluding diaryl/α,β-unsaturated/α-hetero) is 1. The van der Waals surface area contributed by atoms with Crippen molar-refractivity contribution in [1.82, 2.24) is 9.78 Å². The number of aryl methyl sites for hydroxylation is 1. The lowest BCUT2D eigenvalue weighted by Gasteiger charge is -1.99. The number of aromatic nitrogens is 2. The standard InChI is InChI=1S/C12H13FN2O/c1-7(2)12(16)11-9-5-4-8(13)6-10(9)15(3)14-11/h4-7H,1-3H3/i3D3. The number of fused-ring (bicyclic) bond motifs is 1. The van der Waals surface area contributed by atoms with Crippen molar-refractivity contribution in [3.63, 3.8) is 0 Å². The molecule has 0 spiro atoms. The van der Waals surface area contributed by atoms with E-state index in [1.54, 1.807) is 13.8 Å². The Labute approximate surface area is 97.1 Å². The Morgan fingerprint density at radius 3 is 2.94 bits per heavy atom. The summed E-state index contributed by atoms with van der Waals surface area (Å²) in [6, 6.07) is 3.65. The third kappa shape index (κ3) is 1.60. The lowest BCUT2D eigenvalue weighted by molar-refractivity contribution is 0.0935. The zero-order valence-electron chi connectivity index (χ0n) is 12.0. The normalized spacial score (nSPS) is 14.9. The summed E-state index contributed by atoms with van der Waals surface area (Å²) < 4.78 is 36.1. The molecule has 0 saturated heterocycles. The molecule has 1 aromatic heterocycles. The molecule has 4 heteroatoms. The van der Waals surface area contributed by atoms with Gasteiger partial charge in [-0.15, -0.1) is 0 Å². The third-order valence-electron chi connectivity index (χ3n) is 2.40. The van der Waals surface area contributed by atoms with E-state index in [9.17, 15) is 9.18 Å². The average Bonchev–Trinajstić information content (AvgIpc) is 2.65. The smallest absolute Gasteiger partial charge is 0.186 e. The molecule has 0 aliphatic carbocycles. The first-order chi connectivity index (χ1) is 8.71. The van der Waals surface area contributed by atoms with Gasteiger partial charge in [0.1, 0.15) is 11.5 Å². The van der Waals surface area contributed by atoms with Gasteiger partial charge in [0.2, 0.25) is 0 Å². The highest BCUT2D eigenvalue weighted by molar-refractivity contribution is 6.06. The van der Waals surface area contributed by atoms with E-state index in [4.69, 9.17) is 4.11 Å². The molecular formula is C12H13FN2O. The predicted molar refractivity (Wildman–Crippen MR) is 59.8 cm³/mol. The highest BCUT2D eigenvalue weighted by atomic mass is 19.1. The second-order valence-electron chi connectivity index (χ2n) is 3.94. The van der Waals surface area contributed by atoms with E-state index >= 15 is 0 Å². The van der Waals surface area contributed by atoms with E-state index in [1.165, 1.54) is 12.1 Å². The van der Waals surface area contributed by atoms with Crippen LogP contribution in [0.25, 0.3) is 10.9 Å². The lowest BCUT2D eigenvalue weighted by atomic mass is 10.0. The van der Waals surface area contributed by atoms with Crippen LogP contribution in [0.15, 0.2) is 18.2 Å². The fourth-order valence-electron chi connectivity index (χ4n) is 1.54. The topological polar surface area (TPSA) is 34.9 Å². The van der Waals surface area contributed by atoms with Gasteiger partial charge >= 0.3 is 0 Å². The Morgan fingerprint density at radius 2 is 2.31 bits per heavy atom. The van der Waals surface area contributed by atoms with Crippen LogP contribution in [-0.4, -0.2) is 15.6 Å². The van der Waals surface area contributed by atoms with Gasteiger partial charge in [-0.1, -0.05) is 13.8 Å². The minimum Gasteiger partial charge on any atom is -0.292 e. The van der Waals surface area contributed by atoms with Gasteiger partial charge in [0, 0.05) is 22.4 Å². The molecule has 0 atom stereocenters. The molecule has 0 saturated carbocycles. The van der Waals surface area contributed by atoms with E-state index < -0.39 is 12.8 Å². The van der Waals surface area contributed by atoms with Gasteiger partial charge < -0.3 is 0 Å². The summed E-state index contributed by atoms with van der Waals surface area (Å²) in [4.78, 5) is 12.0. The van der Waals surface area contributed by atoms with Gasteiger partial charge in [0.15, 0.2) is 5.78 Å². The average molecular weight is 223 g/mol. The number of nitrogens with zero attached hydrogens (tertiary/aromatic N) is 2. The van der Waals surface area contributed by atoms with E-state index in [-0.39, 0.29) is 22.9 Å². The van der Waals surface area contributed by atoms with E-state index in [0.29, 0.717) is 5.39 Å². The number of hydrogen-bond donors (Lipinski definition) is 0. The molecule has 0 fully saturated rings. The van der Waals surface area contributed by atoms with Gasteiger partial charge in [0.05, 0.1) is 5.52 Å². The Kier molecular flexibility index (Phi) is 1.75. The number of benzene rings is 1. The highest BCUT2D eigenvalue weighted by Crippen LogP contribution is 2.21. The van der Waals surface area contributed by atoms with E-state index in [0.717, 1.165) is 10.7 Å². The Balaban J connectivity index is 2.78. The van der Waals surface area contributed by atoms with Crippen molar-refractivity contribution < 1.29 is 13.3 Å². The summed E-state index contributed by atoms with van der Waals surface area (Å²) in [6.07, 6.45) is 0. The van der Waals surface area contributed by atoms with Gasteiger partial charge in [-0.05, 0) is 18.2 Å². The van der Waals surface area contributed by atoms with Crippen molar-refractivity contribution in [2.24, 2.45) is 12.9 Å². The molecule has 2 aromatic rings. The fraction of sp³-hybridized carbons (Fsp3) is 0.333. The van der Waals surface area contributed by atoms with Crippen LogP contribution < -0.4 is 0 Å². The zero-order valence-corrected chi connectivity index (χ0v) is 8.99. The van der Waals surface area contributed by atoms with Crippen LogP contribution in [0.4, 0.5) is 4.39 Å². The Hall–Kier alpha value is -1.71. The minimum atomic E-state index is -2.55. The minimum absolute atomic E-state index is 0.0705. The predicted octanol–water partition coefficient (Wildman–Crippen LogP) is 2.55. The van der Waals surface area contributed by atoms with E-state index in [1.807, 2.05) is 0 Å². The Morgan fingerprint density at radius 1 is 1.56 bits per heavy atom. The van der Waals surface area contributed by atoms with Crippen molar-refractivity contribution in [3.05, 3.63) is 29.7 Å². The summed E-state index contributed by atoms with van der Waals surface area (Å²) >= 11 is 0. The second-order valence-corrected chi connectivity index (χ2v) is 3.94. The molecule has 0 aliphatic rings. The van der Waals surface area contributed by atoms with Gasteiger partial charge in [-0.3, -0.25) is 9.48 Å². The first-order valence-corrected chi connectivity index (χ1v) is 4.95. The van der Waals surface area contributed by atoms with E-state index in [2.05, 4.69) is 5.10 Å². The molecule has 3 nitrogen and oxygen atoms in total. The summed E-state index contributed by atoms with van der Waals surface area (Å²) in [6.45, 7) is 0.847. The fourth-order valence-corrected chi connectivity index (χ4v) is 1.54. The molecule has 2 rings (SSSR count). The number of halogens is 1. The quantitative estimate of drug-likeness (QED) is 0.733. The molecule has 0 bridgehead atoms. The molecule has 0 aliphatic heterocycles. The molecule has 0 amide bonds. The molecular weight excluding hydrogens is 207 g/mol. The number of carbonyl (C=O) groups excluding carboxylic acids is 1. The molecule has 1 aromatic carbocycles. The van der Waals surface area contributed by atoms with Crippen molar-refractivity contribution >= 4 is 16.7 Å². The molecule has 0 radical (unpaired) electrons. The van der Waals surface area contributed by atoms with Crippen molar-refractivity contribution in [1.29, 1.82) is 0 Å². The van der Waals surface area contributed by atoms with Gasteiger partial charge in [-0.25, -0.2) is 4.39 Å². The largest absolute Gasteiger partial charge is 0.292 e. The molecule has 0 N–H and O–H groups in total. The van der Waals surface area contributed by atoms with Crippen LogP contribution in [0, 0.1) is 11.7 Å². The first kappa shape index (κ1) is 7.54. The number of hydrogen-bond acceptors (Lipinski definition) is 2. The van der Waals surface area contributed by atoms with Crippen molar-refractivity contribution in [2.75, 3.05) is 0 Å². The zero-order chi connectivity index (χ0) is 14.4. The van der Waals surface area contributed by atoms with Crippen LogP contribution in [0.2, 0.25) is 0 Å². The van der Waals surface area contributed by atoms with Crippen LogP contribution >= 0.6 is 0 Å². The van der Waals surface area contributed by atoms with Crippen molar-refractivity contribution in [3.8, 4) is 0 Å². The number of ketones is 1. The number of carbonyl (C=O) groups is 1. The summed E-state index contributed by atoms with van der Waals surface area (Å²) in [5.74, 6) is -1.14. The molecule has 84 valence electrons. The third-order valence-corrected chi connectivity index (χ3v) is 2.40. The van der Waals surface area contributed by atoms with Crippen molar-refractivity contribution in [2.45, 2.75) is 13.8 Å². The highest BCUT2D eigenvalue weighted by Gasteiger charge is 2.18. The summed E-state index contributed by atoms with van der Waals surface area (Å²) in [7, 11) is 0. The summed E-state index contributed by atoms with van der Waals surface area (Å²) in [5.41, 5.74) is 0.171. The summed E-state index contributed by atoms with van der Waals surface area (Å²) in [5, 5.41) is 4.22. The first-order valence-electron chi connectivity index (χ1n) is 6.45. The maximum absolute atomic E-state index is 13.3. The monoisotopic (exact) mass is 223 g/mol. The lowest BCUT2D eigenvalue weighted by Crippen LogP contribution is -2.09. The Bertz CT molecular complexity index is 646. The molecule has 16 heavy (non-hydrogen) atoms. The maximum atomic E-state index is 13.3. The van der Waals surface area contributed by atoms with Crippen LogP contribution in [0.1, 0.15) is 28.4 Å². The van der Waals surface area contributed by atoms with Crippen LogP contribution in [-0.2, 0) is 6.98 Å². The van der Waals surface area contributed by atoms with Gasteiger partial charge in [-0.2, -0.15) is 5.10 Å². The maximum Gasteiger partial charge on any atom is 0.186 e. The molecule has 1 heterocycles. The van der Waals surface area contributed by atoms with Crippen LogP contribution in [0.3, 0.4) is 0 Å². The van der Waals surface area contributed by atoms with Crippen LogP contribution in [0.5, 0.6) is 0 Å². The SMILES string of the molecule is [2H]C([2H])([2H])n1nc(C(=O)C(C)C)c2ccc(F)cc21.